The van der Waals surface area contributed by atoms with Crippen LogP contribution in [0.2, 0.25) is 5.02 Å². The molecule has 3 aromatic carbocycles. The quantitative estimate of drug-likeness (QED) is 0.377. The molecule has 3 aromatic rings. The van der Waals surface area contributed by atoms with Crippen LogP contribution in [0.3, 0.4) is 0 Å². The Bertz CT molecular complexity index is 1390. The first-order valence-electron chi connectivity index (χ1n) is 12.4. The summed E-state index contributed by atoms with van der Waals surface area (Å²) in [7, 11) is -4.10. The first-order valence-corrected chi connectivity index (χ1v) is 14.2. The number of nitrogens with zero attached hydrogens (tertiary/aromatic N) is 2. The van der Waals surface area contributed by atoms with Gasteiger partial charge in [0.05, 0.1) is 10.6 Å². The minimum Gasteiger partial charge on any atom is -0.352 e. The molecule has 0 fully saturated rings. The summed E-state index contributed by atoms with van der Waals surface area (Å²) in [6, 6.07) is 19.4. The van der Waals surface area contributed by atoms with E-state index in [1.54, 1.807) is 55.5 Å². The standard InChI is InChI=1S/C29H34ClN3O4S/c1-20(2)31-29(35)23(5)32(18-24-12-10-13-25(30)17-24)28(34)19-33(27-16-9-11-21(3)22(27)4)38(36,37)26-14-7-6-8-15-26/h6-17,20,23H,18-19H2,1-5H3,(H,31,35)/t23-/m0/s1. The fraction of sp³-hybridized carbons (Fsp3) is 0.310. The van der Waals surface area contributed by atoms with E-state index < -0.39 is 28.5 Å². The Balaban J connectivity index is 2.07. The number of amides is 2. The maximum absolute atomic E-state index is 13.9. The molecule has 0 spiro atoms. The lowest BCUT2D eigenvalue weighted by Gasteiger charge is -2.33. The lowest BCUT2D eigenvalue weighted by molar-refractivity contribution is -0.139. The van der Waals surface area contributed by atoms with Gasteiger partial charge in [-0.25, -0.2) is 8.42 Å². The number of aryl methyl sites for hydroxylation is 1. The Kier molecular flexibility index (Phi) is 9.57. The molecule has 0 saturated heterocycles. The van der Waals surface area contributed by atoms with Gasteiger partial charge in [-0.2, -0.15) is 0 Å². The van der Waals surface area contributed by atoms with E-state index in [0.29, 0.717) is 10.7 Å². The molecule has 0 radical (unpaired) electrons. The van der Waals surface area contributed by atoms with Gasteiger partial charge in [0, 0.05) is 17.6 Å². The maximum Gasteiger partial charge on any atom is 0.264 e. The molecule has 3 rings (SSSR count). The number of rotatable bonds is 10. The molecule has 0 aromatic heterocycles. The van der Waals surface area contributed by atoms with Crippen molar-refractivity contribution in [3.63, 3.8) is 0 Å². The van der Waals surface area contributed by atoms with E-state index in [-0.39, 0.29) is 23.4 Å². The number of anilines is 1. The molecule has 0 aliphatic rings. The predicted molar refractivity (Wildman–Crippen MR) is 152 cm³/mol. The first kappa shape index (κ1) is 29.2. The van der Waals surface area contributed by atoms with Crippen LogP contribution in [-0.2, 0) is 26.2 Å². The van der Waals surface area contributed by atoms with Crippen LogP contribution in [0, 0.1) is 13.8 Å². The summed E-state index contributed by atoms with van der Waals surface area (Å²) in [4.78, 5) is 28.4. The third-order valence-electron chi connectivity index (χ3n) is 6.29. The molecule has 0 unspecified atom stereocenters. The summed E-state index contributed by atoms with van der Waals surface area (Å²) in [6.45, 7) is 8.61. The molecule has 202 valence electrons. The number of hydrogen-bond donors (Lipinski definition) is 1. The Labute approximate surface area is 230 Å². The normalized spacial score (nSPS) is 12.2. The summed E-state index contributed by atoms with van der Waals surface area (Å²) in [5.74, 6) is -0.851. The van der Waals surface area contributed by atoms with Gasteiger partial charge in [0.2, 0.25) is 11.8 Å². The molecule has 0 bridgehead atoms. The molecule has 1 N–H and O–H groups in total. The average molecular weight is 556 g/mol. The number of carbonyl (C=O) groups excluding carboxylic acids is 2. The smallest absolute Gasteiger partial charge is 0.264 e. The minimum absolute atomic E-state index is 0.0701. The second-order valence-corrected chi connectivity index (χ2v) is 11.8. The topological polar surface area (TPSA) is 86.8 Å². The molecule has 9 heteroatoms. The lowest BCUT2D eigenvalue weighted by atomic mass is 10.1. The third kappa shape index (κ3) is 6.94. The van der Waals surface area contributed by atoms with Crippen molar-refractivity contribution >= 4 is 39.1 Å². The third-order valence-corrected chi connectivity index (χ3v) is 8.30. The Morgan fingerprint density at radius 1 is 0.921 bits per heavy atom. The van der Waals surface area contributed by atoms with Crippen LogP contribution in [-0.4, -0.2) is 43.8 Å². The lowest BCUT2D eigenvalue weighted by Crippen LogP contribution is -2.52. The van der Waals surface area contributed by atoms with Crippen LogP contribution >= 0.6 is 11.6 Å². The number of hydrogen-bond acceptors (Lipinski definition) is 4. The van der Waals surface area contributed by atoms with Crippen molar-refractivity contribution in [1.29, 1.82) is 0 Å². The number of halogens is 1. The molecule has 0 heterocycles. The number of carbonyl (C=O) groups is 2. The van der Waals surface area contributed by atoms with Crippen molar-refractivity contribution in [1.82, 2.24) is 10.2 Å². The van der Waals surface area contributed by atoms with Crippen LogP contribution < -0.4 is 9.62 Å². The van der Waals surface area contributed by atoms with Crippen molar-refractivity contribution in [2.45, 2.75) is 58.1 Å². The summed E-state index contributed by atoms with van der Waals surface area (Å²) >= 11 is 6.17. The van der Waals surface area contributed by atoms with Crippen LogP contribution in [0.25, 0.3) is 0 Å². The van der Waals surface area contributed by atoms with Gasteiger partial charge >= 0.3 is 0 Å². The molecule has 7 nitrogen and oxygen atoms in total. The van der Waals surface area contributed by atoms with E-state index in [1.807, 2.05) is 39.8 Å². The van der Waals surface area contributed by atoms with Crippen LogP contribution in [0.4, 0.5) is 5.69 Å². The Morgan fingerprint density at radius 2 is 1.58 bits per heavy atom. The van der Waals surface area contributed by atoms with E-state index in [2.05, 4.69) is 5.32 Å². The fourth-order valence-corrected chi connectivity index (χ4v) is 5.76. The summed E-state index contributed by atoms with van der Waals surface area (Å²) in [6.07, 6.45) is 0. The SMILES string of the molecule is Cc1cccc(N(CC(=O)N(Cc2cccc(Cl)c2)[C@@H](C)C(=O)NC(C)C)S(=O)(=O)c2ccccc2)c1C. The van der Waals surface area contributed by atoms with Crippen molar-refractivity contribution in [2.24, 2.45) is 0 Å². The van der Waals surface area contributed by atoms with E-state index >= 15 is 0 Å². The second-order valence-electron chi connectivity index (χ2n) is 9.53. The van der Waals surface area contributed by atoms with Gasteiger partial charge in [0.15, 0.2) is 0 Å². The molecule has 0 aliphatic heterocycles. The summed E-state index contributed by atoms with van der Waals surface area (Å²) in [5.41, 5.74) is 2.76. The van der Waals surface area contributed by atoms with E-state index in [9.17, 15) is 18.0 Å². The van der Waals surface area contributed by atoms with E-state index in [1.165, 1.54) is 17.0 Å². The highest BCUT2D eigenvalue weighted by molar-refractivity contribution is 7.92. The zero-order valence-corrected chi connectivity index (χ0v) is 23.9. The highest BCUT2D eigenvalue weighted by atomic mass is 35.5. The molecule has 0 saturated carbocycles. The Morgan fingerprint density at radius 3 is 2.21 bits per heavy atom. The highest BCUT2D eigenvalue weighted by Crippen LogP contribution is 2.29. The summed E-state index contributed by atoms with van der Waals surface area (Å²) < 4.78 is 28.9. The van der Waals surface area contributed by atoms with Gasteiger partial charge in [-0.1, -0.05) is 54.1 Å². The largest absolute Gasteiger partial charge is 0.352 e. The monoisotopic (exact) mass is 555 g/mol. The molecule has 38 heavy (non-hydrogen) atoms. The van der Waals surface area contributed by atoms with E-state index in [0.717, 1.165) is 21.0 Å². The minimum atomic E-state index is -4.10. The summed E-state index contributed by atoms with van der Waals surface area (Å²) in [5, 5.41) is 3.34. The van der Waals surface area contributed by atoms with Gasteiger partial charge in [-0.3, -0.25) is 13.9 Å². The molecular weight excluding hydrogens is 522 g/mol. The van der Waals surface area contributed by atoms with Gasteiger partial charge in [-0.15, -0.1) is 0 Å². The molecule has 1 atom stereocenters. The van der Waals surface area contributed by atoms with Gasteiger partial charge in [0.1, 0.15) is 12.6 Å². The first-order chi connectivity index (χ1) is 17.9. The van der Waals surface area contributed by atoms with Crippen molar-refractivity contribution < 1.29 is 18.0 Å². The van der Waals surface area contributed by atoms with Crippen molar-refractivity contribution in [2.75, 3.05) is 10.8 Å². The zero-order chi connectivity index (χ0) is 28.0. The van der Waals surface area contributed by atoms with Crippen LogP contribution in [0.15, 0.2) is 77.7 Å². The zero-order valence-electron chi connectivity index (χ0n) is 22.3. The molecule has 0 aliphatic carbocycles. The van der Waals surface area contributed by atoms with Crippen LogP contribution in [0.5, 0.6) is 0 Å². The average Bonchev–Trinajstić information content (AvgIpc) is 2.87. The number of nitrogens with one attached hydrogen (secondary N) is 1. The van der Waals surface area contributed by atoms with Crippen LogP contribution in [0.1, 0.15) is 37.5 Å². The number of sulfonamides is 1. The highest BCUT2D eigenvalue weighted by Gasteiger charge is 2.33. The van der Waals surface area contributed by atoms with E-state index in [4.69, 9.17) is 11.6 Å². The fourth-order valence-electron chi connectivity index (χ4n) is 4.06. The number of benzene rings is 3. The van der Waals surface area contributed by atoms with Gasteiger partial charge in [0.25, 0.3) is 10.0 Å². The van der Waals surface area contributed by atoms with Crippen molar-refractivity contribution in [3.05, 3.63) is 94.5 Å². The maximum atomic E-state index is 13.9. The Hall–Kier alpha value is -3.36. The van der Waals surface area contributed by atoms with Crippen molar-refractivity contribution in [3.8, 4) is 0 Å². The van der Waals surface area contributed by atoms with Gasteiger partial charge < -0.3 is 10.2 Å². The second kappa shape index (κ2) is 12.5. The molecule has 2 amide bonds. The predicted octanol–water partition coefficient (Wildman–Crippen LogP) is 5.09. The van der Waals surface area contributed by atoms with Gasteiger partial charge in [-0.05, 0) is 81.6 Å². The molecular formula is C29H34ClN3O4S.